The van der Waals surface area contributed by atoms with Crippen molar-refractivity contribution in [1.82, 2.24) is 9.97 Å². The summed E-state index contributed by atoms with van der Waals surface area (Å²) >= 11 is 0. The first-order chi connectivity index (χ1) is 9.17. The van der Waals surface area contributed by atoms with E-state index in [1.165, 1.54) is 32.1 Å². The molecule has 1 aliphatic rings. The van der Waals surface area contributed by atoms with Crippen LogP contribution in [0, 0.1) is 6.92 Å². The maximum absolute atomic E-state index is 6.04. The Hall–Kier alpha value is -1.32. The molecule has 106 valence electrons. The summed E-state index contributed by atoms with van der Waals surface area (Å²) < 4.78 is 0. The molecule has 1 aromatic rings. The largest absolute Gasteiger partial charge is 0.383 e. The van der Waals surface area contributed by atoms with E-state index < -0.39 is 0 Å². The number of hydrogen-bond acceptors (Lipinski definition) is 4. The van der Waals surface area contributed by atoms with E-state index in [-0.39, 0.29) is 0 Å². The Morgan fingerprint density at radius 3 is 2.42 bits per heavy atom. The zero-order valence-electron chi connectivity index (χ0n) is 12.4. The van der Waals surface area contributed by atoms with Crippen molar-refractivity contribution in [2.75, 3.05) is 17.2 Å². The Kier molecular flexibility index (Phi) is 4.61. The van der Waals surface area contributed by atoms with Gasteiger partial charge in [-0.05, 0) is 26.7 Å². The highest BCUT2D eigenvalue weighted by atomic mass is 15.2. The van der Waals surface area contributed by atoms with Gasteiger partial charge in [0, 0.05) is 24.6 Å². The van der Waals surface area contributed by atoms with Crippen LogP contribution in [0.25, 0.3) is 0 Å². The molecule has 1 saturated carbocycles. The normalized spacial score (nSPS) is 16.6. The summed E-state index contributed by atoms with van der Waals surface area (Å²) in [5.74, 6) is 2.54. The number of hydrogen-bond donors (Lipinski definition) is 1. The Morgan fingerprint density at radius 2 is 1.84 bits per heavy atom. The summed E-state index contributed by atoms with van der Waals surface area (Å²) in [5, 5.41) is 0. The summed E-state index contributed by atoms with van der Waals surface area (Å²) in [7, 11) is 0. The summed E-state index contributed by atoms with van der Waals surface area (Å²) in [5.41, 5.74) is 7.07. The van der Waals surface area contributed by atoms with Crippen molar-refractivity contribution in [1.29, 1.82) is 0 Å². The van der Waals surface area contributed by atoms with Gasteiger partial charge in [0.15, 0.2) is 0 Å². The molecule has 0 saturated heterocycles. The maximum Gasteiger partial charge on any atom is 0.137 e. The lowest BCUT2D eigenvalue weighted by molar-refractivity contribution is 0.415. The van der Waals surface area contributed by atoms with Gasteiger partial charge in [0.1, 0.15) is 17.5 Å². The predicted octanol–water partition coefficient (Wildman–Crippen LogP) is 3.09. The Morgan fingerprint density at radius 1 is 1.16 bits per heavy atom. The standard InChI is InChI=1S/C15H26N4/c1-4-13-17-14(16)11(3)15(18-13)19(5-2)12-9-7-6-8-10-12/h12H,4-10H2,1-3H3,(H2,16,17,18). The van der Waals surface area contributed by atoms with E-state index in [1.54, 1.807) is 0 Å². The third-order valence-corrected chi connectivity index (χ3v) is 4.15. The van der Waals surface area contributed by atoms with Gasteiger partial charge in [0.2, 0.25) is 0 Å². The lowest BCUT2D eigenvalue weighted by Crippen LogP contribution is -2.38. The van der Waals surface area contributed by atoms with Crippen LogP contribution in [0.2, 0.25) is 0 Å². The van der Waals surface area contributed by atoms with E-state index in [2.05, 4.69) is 23.7 Å². The second kappa shape index (κ2) is 6.22. The van der Waals surface area contributed by atoms with Crippen molar-refractivity contribution in [3.63, 3.8) is 0 Å². The Balaban J connectivity index is 2.33. The van der Waals surface area contributed by atoms with E-state index >= 15 is 0 Å². The zero-order chi connectivity index (χ0) is 13.8. The highest BCUT2D eigenvalue weighted by Crippen LogP contribution is 2.29. The van der Waals surface area contributed by atoms with Gasteiger partial charge in [-0.2, -0.15) is 0 Å². The van der Waals surface area contributed by atoms with Crippen LogP contribution in [0.15, 0.2) is 0 Å². The molecular formula is C15H26N4. The number of aromatic nitrogens is 2. The highest BCUT2D eigenvalue weighted by Gasteiger charge is 2.23. The van der Waals surface area contributed by atoms with Crippen LogP contribution < -0.4 is 10.6 Å². The maximum atomic E-state index is 6.04. The van der Waals surface area contributed by atoms with Gasteiger partial charge < -0.3 is 10.6 Å². The number of anilines is 2. The van der Waals surface area contributed by atoms with Crippen molar-refractivity contribution < 1.29 is 0 Å². The van der Waals surface area contributed by atoms with Crippen molar-refractivity contribution in [3.05, 3.63) is 11.4 Å². The second-order valence-electron chi connectivity index (χ2n) is 5.41. The molecule has 1 aromatic heterocycles. The number of nitrogens with zero attached hydrogens (tertiary/aromatic N) is 3. The smallest absolute Gasteiger partial charge is 0.137 e. The fourth-order valence-corrected chi connectivity index (χ4v) is 2.98. The summed E-state index contributed by atoms with van der Waals surface area (Å²) in [4.78, 5) is 11.5. The number of rotatable bonds is 4. The lowest BCUT2D eigenvalue weighted by Gasteiger charge is -2.35. The first-order valence-corrected chi connectivity index (χ1v) is 7.57. The third-order valence-electron chi connectivity index (χ3n) is 4.15. The molecule has 1 fully saturated rings. The topological polar surface area (TPSA) is 55.0 Å². The molecule has 2 rings (SSSR count). The molecule has 19 heavy (non-hydrogen) atoms. The fourth-order valence-electron chi connectivity index (χ4n) is 2.98. The molecule has 0 aromatic carbocycles. The second-order valence-corrected chi connectivity index (χ2v) is 5.41. The highest BCUT2D eigenvalue weighted by molar-refractivity contribution is 5.57. The van der Waals surface area contributed by atoms with Crippen LogP contribution in [-0.2, 0) is 6.42 Å². The lowest BCUT2D eigenvalue weighted by atomic mass is 9.94. The molecule has 0 amide bonds. The molecule has 4 heteroatoms. The number of nitrogens with two attached hydrogens (primary N) is 1. The van der Waals surface area contributed by atoms with E-state index in [9.17, 15) is 0 Å². The van der Waals surface area contributed by atoms with Crippen LogP contribution >= 0.6 is 0 Å². The average molecular weight is 262 g/mol. The molecule has 0 spiro atoms. The molecule has 2 N–H and O–H groups in total. The van der Waals surface area contributed by atoms with E-state index in [4.69, 9.17) is 10.7 Å². The zero-order valence-corrected chi connectivity index (χ0v) is 12.4. The van der Waals surface area contributed by atoms with Crippen molar-refractivity contribution in [2.24, 2.45) is 0 Å². The predicted molar refractivity (Wildman–Crippen MR) is 80.5 cm³/mol. The molecule has 1 heterocycles. The fraction of sp³-hybridized carbons (Fsp3) is 0.733. The van der Waals surface area contributed by atoms with Gasteiger partial charge in [0.05, 0.1) is 0 Å². The number of aryl methyl sites for hydroxylation is 1. The van der Waals surface area contributed by atoms with Gasteiger partial charge in [-0.1, -0.05) is 26.2 Å². The van der Waals surface area contributed by atoms with Crippen LogP contribution in [0.3, 0.4) is 0 Å². The van der Waals surface area contributed by atoms with Crippen LogP contribution in [-0.4, -0.2) is 22.6 Å². The average Bonchev–Trinajstić information content (AvgIpc) is 2.45. The van der Waals surface area contributed by atoms with Gasteiger partial charge in [-0.25, -0.2) is 9.97 Å². The van der Waals surface area contributed by atoms with Crippen molar-refractivity contribution >= 4 is 11.6 Å². The van der Waals surface area contributed by atoms with Crippen molar-refractivity contribution in [3.8, 4) is 0 Å². The molecule has 0 aliphatic heterocycles. The summed E-state index contributed by atoms with van der Waals surface area (Å²) in [6.45, 7) is 7.31. The van der Waals surface area contributed by atoms with Crippen LogP contribution in [0.1, 0.15) is 57.3 Å². The molecule has 0 unspecified atom stereocenters. The monoisotopic (exact) mass is 262 g/mol. The molecule has 0 radical (unpaired) electrons. The van der Waals surface area contributed by atoms with Gasteiger partial charge in [0.25, 0.3) is 0 Å². The Bertz CT molecular complexity index is 424. The molecule has 4 nitrogen and oxygen atoms in total. The van der Waals surface area contributed by atoms with E-state index in [1.807, 2.05) is 6.92 Å². The van der Waals surface area contributed by atoms with Gasteiger partial charge in [-0.3, -0.25) is 0 Å². The first-order valence-electron chi connectivity index (χ1n) is 7.57. The van der Waals surface area contributed by atoms with Crippen LogP contribution in [0.4, 0.5) is 11.6 Å². The minimum Gasteiger partial charge on any atom is -0.383 e. The van der Waals surface area contributed by atoms with Gasteiger partial charge >= 0.3 is 0 Å². The quantitative estimate of drug-likeness (QED) is 0.906. The molecular weight excluding hydrogens is 236 g/mol. The SMILES string of the molecule is CCc1nc(N)c(C)c(N(CC)C2CCCCC2)n1. The summed E-state index contributed by atoms with van der Waals surface area (Å²) in [6.07, 6.45) is 7.43. The first kappa shape index (κ1) is 14.1. The third kappa shape index (κ3) is 2.99. The minimum absolute atomic E-state index is 0.622. The molecule has 0 atom stereocenters. The van der Waals surface area contributed by atoms with Gasteiger partial charge in [-0.15, -0.1) is 0 Å². The molecule has 1 aliphatic carbocycles. The van der Waals surface area contributed by atoms with Crippen LogP contribution in [0.5, 0.6) is 0 Å². The molecule has 0 bridgehead atoms. The van der Waals surface area contributed by atoms with E-state index in [0.717, 1.165) is 30.2 Å². The van der Waals surface area contributed by atoms with Crippen molar-refractivity contribution in [2.45, 2.75) is 65.3 Å². The Labute approximate surface area is 116 Å². The van der Waals surface area contributed by atoms with E-state index in [0.29, 0.717) is 11.9 Å². The number of nitrogen functional groups attached to an aromatic ring is 1. The summed E-state index contributed by atoms with van der Waals surface area (Å²) in [6, 6.07) is 0.622. The minimum atomic E-state index is 0.622.